The molecule has 4 rings (SSSR count). The number of pyridine rings is 1. The van der Waals surface area contributed by atoms with Gasteiger partial charge in [0, 0.05) is 42.9 Å². The van der Waals surface area contributed by atoms with Crippen LogP contribution in [0.4, 0.5) is 4.39 Å². The zero-order valence-electron chi connectivity index (χ0n) is 13.5. The minimum atomic E-state index is -0.466. The summed E-state index contributed by atoms with van der Waals surface area (Å²) >= 11 is 0. The number of nitrogens with zero attached hydrogens (tertiary/aromatic N) is 4. The van der Waals surface area contributed by atoms with E-state index in [0.717, 1.165) is 18.4 Å². The Bertz CT molecular complexity index is 876. The van der Waals surface area contributed by atoms with Gasteiger partial charge in [0.1, 0.15) is 11.5 Å². The van der Waals surface area contributed by atoms with E-state index < -0.39 is 5.82 Å². The van der Waals surface area contributed by atoms with Crippen LogP contribution in [0.2, 0.25) is 0 Å². The van der Waals surface area contributed by atoms with Gasteiger partial charge in [-0.25, -0.2) is 9.07 Å². The van der Waals surface area contributed by atoms with Crippen LogP contribution < -0.4 is 0 Å². The lowest BCUT2D eigenvalue weighted by Crippen LogP contribution is -2.32. The third kappa shape index (κ3) is 3.28. The lowest BCUT2D eigenvalue weighted by atomic mass is 10.1. The number of aromatic nitrogens is 3. The first-order valence-electron chi connectivity index (χ1n) is 8.22. The molecule has 1 aromatic carbocycles. The van der Waals surface area contributed by atoms with Crippen LogP contribution >= 0.6 is 0 Å². The van der Waals surface area contributed by atoms with E-state index in [9.17, 15) is 9.18 Å². The molecule has 0 spiro atoms. The molecule has 0 saturated heterocycles. The molecule has 0 bridgehead atoms. The van der Waals surface area contributed by atoms with Crippen molar-refractivity contribution in [3.63, 3.8) is 0 Å². The molecule has 2 aromatic heterocycles. The largest absolute Gasteiger partial charge is 0.331 e. The molecule has 3 aromatic rings. The summed E-state index contributed by atoms with van der Waals surface area (Å²) in [6, 6.07) is 10.3. The van der Waals surface area contributed by atoms with Crippen molar-refractivity contribution in [1.29, 1.82) is 0 Å². The van der Waals surface area contributed by atoms with Crippen molar-refractivity contribution < 1.29 is 9.18 Å². The highest BCUT2D eigenvalue weighted by Crippen LogP contribution is 2.30. The molecule has 2 heterocycles. The molecular formula is C19H17FN4O. The van der Waals surface area contributed by atoms with Crippen LogP contribution in [0.3, 0.4) is 0 Å². The maximum Gasteiger partial charge on any atom is 0.254 e. The molecular weight excluding hydrogens is 319 g/mol. The van der Waals surface area contributed by atoms with E-state index in [2.05, 4.69) is 10.1 Å². The number of benzene rings is 1. The minimum Gasteiger partial charge on any atom is -0.331 e. The molecule has 6 heteroatoms. The van der Waals surface area contributed by atoms with Crippen LogP contribution in [0.15, 0.2) is 61.2 Å². The molecule has 126 valence electrons. The maximum atomic E-state index is 14.4. The number of carbonyl (C=O) groups excluding carboxylic acids is 1. The van der Waals surface area contributed by atoms with Gasteiger partial charge in [-0.1, -0.05) is 6.07 Å². The minimum absolute atomic E-state index is 0.155. The van der Waals surface area contributed by atoms with Gasteiger partial charge in [-0.05, 0) is 48.7 Å². The van der Waals surface area contributed by atoms with Crippen LogP contribution in [-0.2, 0) is 6.54 Å². The number of halogens is 1. The Labute approximate surface area is 144 Å². The van der Waals surface area contributed by atoms with Gasteiger partial charge in [-0.3, -0.25) is 9.78 Å². The van der Waals surface area contributed by atoms with Crippen LogP contribution in [0.25, 0.3) is 5.69 Å². The summed E-state index contributed by atoms with van der Waals surface area (Å²) in [5.41, 5.74) is 1.65. The van der Waals surface area contributed by atoms with E-state index in [1.165, 1.54) is 10.7 Å². The molecule has 0 unspecified atom stereocenters. The Kier molecular flexibility index (Phi) is 4.01. The zero-order valence-corrected chi connectivity index (χ0v) is 13.5. The van der Waals surface area contributed by atoms with Crippen molar-refractivity contribution in [3.8, 4) is 5.69 Å². The fourth-order valence-electron chi connectivity index (χ4n) is 2.84. The quantitative estimate of drug-likeness (QED) is 0.719. The maximum absolute atomic E-state index is 14.4. The van der Waals surface area contributed by atoms with Crippen molar-refractivity contribution in [2.24, 2.45) is 0 Å². The van der Waals surface area contributed by atoms with Gasteiger partial charge in [0.15, 0.2) is 0 Å². The topological polar surface area (TPSA) is 51.0 Å². The highest BCUT2D eigenvalue weighted by molar-refractivity contribution is 5.94. The third-order valence-corrected chi connectivity index (χ3v) is 4.27. The first-order chi connectivity index (χ1) is 12.2. The summed E-state index contributed by atoms with van der Waals surface area (Å²) in [6.07, 6.45) is 8.68. The highest BCUT2D eigenvalue weighted by atomic mass is 19.1. The average molecular weight is 336 g/mol. The molecule has 0 atom stereocenters. The number of amides is 1. The van der Waals surface area contributed by atoms with E-state index in [0.29, 0.717) is 17.8 Å². The van der Waals surface area contributed by atoms with Gasteiger partial charge in [0.25, 0.3) is 5.91 Å². The predicted molar refractivity (Wildman–Crippen MR) is 90.7 cm³/mol. The average Bonchev–Trinajstić information content (AvgIpc) is 3.34. The number of hydrogen-bond acceptors (Lipinski definition) is 3. The Morgan fingerprint density at radius 2 is 2.12 bits per heavy atom. The Morgan fingerprint density at radius 3 is 2.76 bits per heavy atom. The molecule has 1 fully saturated rings. The van der Waals surface area contributed by atoms with Crippen molar-refractivity contribution in [3.05, 3.63) is 78.1 Å². The second-order valence-electron chi connectivity index (χ2n) is 6.14. The Hall–Kier alpha value is -3.02. The van der Waals surface area contributed by atoms with E-state index in [1.54, 1.807) is 47.9 Å². The molecule has 0 N–H and O–H groups in total. The molecule has 1 saturated carbocycles. The zero-order chi connectivity index (χ0) is 17.2. The third-order valence-electron chi connectivity index (χ3n) is 4.27. The first-order valence-corrected chi connectivity index (χ1v) is 8.22. The first kappa shape index (κ1) is 15.5. The van der Waals surface area contributed by atoms with Crippen molar-refractivity contribution >= 4 is 5.91 Å². The summed E-state index contributed by atoms with van der Waals surface area (Å²) in [6.45, 7) is 0.486. The number of carbonyl (C=O) groups is 1. The van der Waals surface area contributed by atoms with Gasteiger partial charge in [0.2, 0.25) is 0 Å². The summed E-state index contributed by atoms with van der Waals surface area (Å²) < 4.78 is 15.9. The van der Waals surface area contributed by atoms with Gasteiger partial charge < -0.3 is 4.90 Å². The SMILES string of the molecule is O=C(c1ccc(-n2cccn2)c(F)c1)N(Cc1cccnc1)C1CC1. The summed E-state index contributed by atoms with van der Waals surface area (Å²) in [4.78, 5) is 18.8. The van der Waals surface area contributed by atoms with Crippen LogP contribution in [-0.4, -0.2) is 31.6 Å². The van der Waals surface area contributed by atoms with E-state index in [4.69, 9.17) is 0 Å². The molecule has 5 nitrogen and oxygen atoms in total. The van der Waals surface area contributed by atoms with Crippen molar-refractivity contribution in [2.45, 2.75) is 25.4 Å². The molecule has 1 aliphatic carbocycles. The molecule has 1 amide bonds. The van der Waals surface area contributed by atoms with E-state index in [-0.39, 0.29) is 11.9 Å². The van der Waals surface area contributed by atoms with Crippen molar-refractivity contribution in [2.75, 3.05) is 0 Å². The van der Waals surface area contributed by atoms with Gasteiger partial charge in [-0.15, -0.1) is 0 Å². The van der Waals surface area contributed by atoms with E-state index in [1.807, 2.05) is 12.1 Å². The second kappa shape index (κ2) is 6.47. The fourth-order valence-corrected chi connectivity index (χ4v) is 2.84. The summed E-state index contributed by atoms with van der Waals surface area (Å²) in [5.74, 6) is -0.621. The molecule has 25 heavy (non-hydrogen) atoms. The second-order valence-corrected chi connectivity index (χ2v) is 6.14. The summed E-state index contributed by atoms with van der Waals surface area (Å²) in [7, 11) is 0. The van der Waals surface area contributed by atoms with E-state index >= 15 is 0 Å². The van der Waals surface area contributed by atoms with Crippen molar-refractivity contribution in [1.82, 2.24) is 19.7 Å². The number of hydrogen-bond donors (Lipinski definition) is 0. The van der Waals surface area contributed by atoms with Crippen LogP contribution in [0.5, 0.6) is 0 Å². The molecule has 0 aliphatic heterocycles. The Balaban J connectivity index is 1.59. The lowest BCUT2D eigenvalue weighted by Gasteiger charge is -2.22. The smallest absolute Gasteiger partial charge is 0.254 e. The molecule has 0 radical (unpaired) electrons. The van der Waals surface area contributed by atoms with Gasteiger partial charge in [0.05, 0.1) is 0 Å². The lowest BCUT2D eigenvalue weighted by molar-refractivity contribution is 0.0729. The Morgan fingerprint density at radius 1 is 1.24 bits per heavy atom. The van der Waals surface area contributed by atoms with Crippen LogP contribution in [0.1, 0.15) is 28.8 Å². The monoisotopic (exact) mass is 336 g/mol. The standard InChI is InChI=1S/C19H17FN4O/c20-17-11-15(4-7-18(17)24-10-2-9-22-24)19(25)23(16-5-6-16)13-14-3-1-8-21-12-14/h1-4,7-12,16H,5-6,13H2. The molecule has 1 aliphatic rings. The van der Waals surface area contributed by atoms with Gasteiger partial charge >= 0.3 is 0 Å². The fraction of sp³-hybridized carbons (Fsp3) is 0.211. The van der Waals surface area contributed by atoms with Gasteiger partial charge in [-0.2, -0.15) is 5.10 Å². The predicted octanol–water partition coefficient (Wildman–Crippen LogP) is 3.21. The summed E-state index contributed by atoms with van der Waals surface area (Å²) in [5, 5.41) is 4.03. The highest BCUT2D eigenvalue weighted by Gasteiger charge is 2.33. The normalized spacial score (nSPS) is 13.6. The number of rotatable bonds is 5. The van der Waals surface area contributed by atoms with Crippen LogP contribution in [0, 0.1) is 5.82 Å².